The predicted octanol–water partition coefficient (Wildman–Crippen LogP) is 3.84. The van der Waals surface area contributed by atoms with Gasteiger partial charge < -0.3 is 14.9 Å². The van der Waals surface area contributed by atoms with Crippen LogP contribution < -0.4 is 0 Å². The van der Waals surface area contributed by atoms with Crippen molar-refractivity contribution in [3.8, 4) is 0 Å². The van der Waals surface area contributed by atoms with Gasteiger partial charge in [0.1, 0.15) is 11.3 Å². The number of carbonyl (C=O) groups is 1. The van der Waals surface area contributed by atoms with Crippen LogP contribution in [0, 0.1) is 23.3 Å². The molecule has 0 unspecified atom stereocenters. The van der Waals surface area contributed by atoms with Gasteiger partial charge in [0.05, 0.1) is 17.7 Å². The topological polar surface area (TPSA) is 79.1 Å². The maximum absolute atomic E-state index is 14.0. The molecular formula is C19H21F4NO4. The van der Waals surface area contributed by atoms with Crippen molar-refractivity contribution in [2.45, 2.75) is 44.6 Å². The molecule has 9 heteroatoms. The zero-order valence-electron chi connectivity index (χ0n) is 15.3. The summed E-state index contributed by atoms with van der Waals surface area (Å²) < 4.78 is 59.0. The lowest BCUT2D eigenvalue weighted by atomic mass is 9.94. The van der Waals surface area contributed by atoms with E-state index in [1.54, 1.807) is 0 Å². The molecule has 0 bridgehead atoms. The molecule has 1 aliphatic rings. The van der Waals surface area contributed by atoms with Gasteiger partial charge in [-0.25, -0.2) is 22.4 Å². The fourth-order valence-corrected chi connectivity index (χ4v) is 3.20. The molecule has 0 radical (unpaired) electrons. The van der Waals surface area contributed by atoms with Crippen LogP contribution in [0.15, 0.2) is 16.6 Å². The van der Waals surface area contributed by atoms with Gasteiger partial charge in [-0.3, -0.25) is 4.99 Å². The van der Waals surface area contributed by atoms with E-state index in [1.165, 1.54) is 6.92 Å². The van der Waals surface area contributed by atoms with E-state index in [0.717, 1.165) is 19.1 Å². The number of rotatable bonds is 7. The summed E-state index contributed by atoms with van der Waals surface area (Å²) in [6.45, 7) is 1.26. The summed E-state index contributed by atoms with van der Waals surface area (Å²) in [5, 5.41) is 19.6. The molecule has 0 heterocycles. The molecule has 0 aliphatic heterocycles. The molecule has 0 saturated heterocycles. The van der Waals surface area contributed by atoms with Crippen molar-refractivity contribution >= 4 is 17.9 Å². The molecule has 1 aromatic carbocycles. The van der Waals surface area contributed by atoms with Gasteiger partial charge >= 0.3 is 5.97 Å². The molecule has 0 spiro atoms. The van der Waals surface area contributed by atoms with Gasteiger partial charge in [-0.15, -0.1) is 0 Å². The SMILES string of the molecule is CCOC(=O)C(C=NC1(CCO)CCCC1)=C(O)c1cc(F)c(F)c(F)c1F. The van der Waals surface area contributed by atoms with Gasteiger partial charge in [-0.05, 0) is 32.3 Å². The second-order valence-corrected chi connectivity index (χ2v) is 6.49. The standard InChI is InChI=1S/C19H21F4NO4/c1-2-28-18(27)12(10-24-19(7-8-25)5-3-4-6-19)17(26)11-9-13(20)15(22)16(23)14(11)21/h9-10,25-26H,2-8H2,1H3. The summed E-state index contributed by atoms with van der Waals surface area (Å²) in [6, 6.07) is 0.245. The van der Waals surface area contributed by atoms with Crippen LogP contribution in [0.1, 0.15) is 44.6 Å². The lowest BCUT2D eigenvalue weighted by Gasteiger charge is -2.23. The van der Waals surface area contributed by atoms with Crippen LogP contribution in [0.5, 0.6) is 0 Å². The van der Waals surface area contributed by atoms with Crippen molar-refractivity contribution in [2.75, 3.05) is 13.2 Å². The molecule has 154 valence electrons. The highest BCUT2D eigenvalue weighted by atomic mass is 19.2. The van der Waals surface area contributed by atoms with Gasteiger partial charge in [0, 0.05) is 12.8 Å². The Morgan fingerprint density at radius 2 is 1.86 bits per heavy atom. The van der Waals surface area contributed by atoms with E-state index in [1.807, 2.05) is 0 Å². The number of carbonyl (C=O) groups excluding carboxylic acids is 1. The Balaban J connectivity index is 2.56. The molecule has 2 N–H and O–H groups in total. The van der Waals surface area contributed by atoms with Crippen LogP contribution in [-0.2, 0) is 9.53 Å². The average Bonchev–Trinajstić information content (AvgIpc) is 3.12. The van der Waals surface area contributed by atoms with E-state index in [4.69, 9.17) is 4.74 Å². The van der Waals surface area contributed by atoms with Gasteiger partial charge in [0.2, 0.25) is 0 Å². The highest BCUT2D eigenvalue weighted by Gasteiger charge is 2.33. The molecule has 0 aromatic heterocycles. The second-order valence-electron chi connectivity index (χ2n) is 6.49. The van der Waals surface area contributed by atoms with Gasteiger partial charge in [0.25, 0.3) is 0 Å². The van der Waals surface area contributed by atoms with Crippen LogP contribution in [0.3, 0.4) is 0 Å². The Bertz CT molecular complexity index is 802. The number of esters is 1. The lowest BCUT2D eigenvalue weighted by molar-refractivity contribution is -0.137. The van der Waals surface area contributed by atoms with Crippen molar-refractivity contribution < 1.29 is 37.3 Å². The summed E-state index contributed by atoms with van der Waals surface area (Å²) in [5.41, 5.74) is -2.33. The third kappa shape index (κ3) is 4.52. The molecule has 1 aliphatic carbocycles. The van der Waals surface area contributed by atoms with Crippen molar-refractivity contribution in [3.05, 3.63) is 40.5 Å². The Hall–Kier alpha value is -2.42. The van der Waals surface area contributed by atoms with Crippen molar-refractivity contribution in [3.63, 3.8) is 0 Å². The third-order valence-corrected chi connectivity index (χ3v) is 4.69. The fraction of sp³-hybridized carbons (Fsp3) is 0.474. The largest absolute Gasteiger partial charge is 0.506 e. The number of aliphatic hydroxyl groups excluding tert-OH is 2. The smallest absolute Gasteiger partial charge is 0.343 e. The van der Waals surface area contributed by atoms with E-state index in [0.29, 0.717) is 19.3 Å². The molecular weight excluding hydrogens is 382 g/mol. The average molecular weight is 403 g/mol. The highest BCUT2D eigenvalue weighted by Crippen LogP contribution is 2.36. The minimum atomic E-state index is -2.12. The number of hydrogen-bond donors (Lipinski definition) is 2. The zero-order chi connectivity index (χ0) is 20.9. The molecule has 1 aromatic rings. The highest BCUT2D eigenvalue weighted by molar-refractivity contribution is 6.15. The number of aliphatic hydroxyl groups is 2. The first kappa shape index (κ1) is 21.9. The lowest BCUT2D eigenvalue weighted by Crippen LogP contribution is -2.24. The molecule has 1 saturated carbocycles. The van der Waals surface area contributed by atoms with E-state index in [-0.39, 0.29) is 19.3 Å². The van der Waals surface area contributed by atoms with E-state index in [2.05, 4.69) is 4.99 Å². The number of ether oxygens (including phenoxy) is 1. The van der Waals surface area contributed by atoms with E-state index >= 15 is 0 Å². The van der Waals surface area contributed by atoms with Crippen LogP contribution in [0.4, 0.5) is 17.6 Å². The molecule has 5 nitrogen and oxygen atoms in total. The molecule has 1 fully saturated rings. The Labute approximate surface area is 159 Å². The maximum atomic E-state index is 14.0. The number of hydrogen-bond acceptors (Lipinski definition) is 5. The number of benzene rings is 1. The Morgan fingerprint density at radius 1 is 1.21 bits per heavy atom. The van der Waals surface area contributed by atoms with Crippen molar-refractivity contribution in [1.29, 1.82) is 0 Å². The van der Waals surface area contributed by atoms with Gasteiger partial charge in [-0.1, -0.05) is 12.8 Å². The normalized spacial score (nSPS) is 17.1. The molecule has 2 rings (SSSR count). The summed E-state index contributed by atoms with van der Waals surface area (Å²) in [5.74, 6) is -9.95. The Morgan fingerprint density at radius 3 is 2.43 bits per heavy atom. The zero-order valence-corrected chi connectivity index (χ0v) is 15.3. The molecule has 0 amide bonds. The monoisotopic (exact) mass is 403 g/mol. The minimum absolute atomic E-state index is 0.0835. The molecule has 0 atom stereocenters. The summed E-state index contributed by atoms with van der Waals surface area (Å²) >= 11 is 0. The van der Waals surface area contributed by atoms with E-state index < -0.39 is 51.7 Å². The van der Waals surface area contributed by atoms with Crippen LogP contribution >= 0.6 is 0 Å². The van der Waals surface area contributed by atoms with Gasteiger partial charge in [-0.2, -0.15) is 0 Å². The minimum Gasteiger partial charge on any atom is -0.506 e. The Kier molecular flexibility index (Phi) is 7.17. The third-order valence-electron chi connectivity index (χ3n) is 4.69. The summed E-state index contributed by atoms with van der Waals surface area (Å²) in [6.07, 6.45) is 4.24. The fourth-order valence-electron chi connectivity index (χ4n) is 3.20. The predicted molar refractivity (Wildman–Crippen MR) is 93.8 cm³/mol. The quantitative estimate of drug-likeness (QED) is 0.138. The first-order valence-corrected chi connectivity index (χ1v) is 8.86. The first-order valence-electron chi connectivity index (χ1n) is 8.86. The number of halogens is 4. The number of nitrogens with zero attached hydrogens (tertiary/aromatic N) is 1. The summed E-state index contributed by atoms with van der Waals surface area (Å²) in [4.78, 5) is 16.5. The van der Waals surface area contributed by atoms with Crippen molar-refractivity contribution in [1.82, 2.24) is 0 Å². The second kappa shape index (κ2) is 9.18. The van der Waals surface area contributed by atoms with Gasteiger partial charge in [0.15, 0.2) is 23.3 Å². The maximum Gasteiger partial charge on any atom is 0.343 e. The summed E-state index contributed by atoms with van der Waals surface area (Å²) in [7, 11) is 0. The number of aliphatic imine (C=N–C) groups is 1. The first-order chi connectivity index (χ1) is 13.3. The van der Waals surface area contributed by atoms with Crippen molar-refractivity contribution in [2.24, 2.45) is 4.99 Å². The van der Waals surface area contributed by atoms with E-state index in [9.17, 15) is 32.6 Å². The van der Waals surface area contributed by atoms with Crippen LogP contribution in [0.2, 0.25) is 0 Å². The van der Waals surface area contributed by atoms with Crippen LogP contribution in [0.25, 0.3) is 5.76 Å². The van der Waals surface area contributed by atoms with Crippen LogP contribution in [-0.4, -0.2) is 41.1 Å². The molecule has 28 heavy (non-hydrogen) atoms.